The van der Waals surface area contributed by atoms with Crippen molar-refractivity contribution in [2.75, 3.05) is 6.61 Å². The zero-order chi connectivity index (χ0) is 18.5. The maximum absolute atomic E-state index is 11.3. The summed E-state index contributed by atoms with van der Waals surface area (Å²) in [6.45, 7) is 9.22. The van der Waals surface area contributed by atoms with Crippen molar-refractivity contribution in [3.05, 3.63) is 0 Å². The van der Waals surface area contributed by atoms with Crippen LogP contribution in [-0.4, -0.2) is 54.7 Å². The van der Waals surface area contributed by atoms with E-state index in [4.69, 9.17) is 23.7 Å². The van der Waals surface area contributed by atoms with Crippen LogP contribution in [0.4, 0.5) is 0 Å². The molecule has 0 saturated carbocycles. The maximum Gasteiger partial charge on any atom is 0.303 e. The van der Waals surface area contributed by atoms with E-state index in [9.17, 15) is 14.4 Å². The minimum Gasteiger partial charge on any atom is -0.463 e. The largest absolute Gasteiger partial charge is 0.463 e. The van der Waals surface area contributed by atoms with Crippen molar-refractivity contribution < 1.29 is 38.1 Å². The molecule has 4 atom stereocenters. The fraction of sp³-hybridized carbons (Fsp3) is 0.812. The number of ether oxygens (including phenoxy) is 5. The van der Waals surface area contributed by atoms with E-state index in [2.05, 4.69) is 0 Å². The average Bonchev–Trinajstić information content (AvgIpc) is 2.37. The summed E-state index contributed by atoms with van der Waals surface area (Å²) in [4.78, 5) is 33.7. The van der Waals surface area contributed by atoms with Crippen LogP contribution in [0, 0.1) is 0 Å². The van der Waals surface area contributed by atoms with Crippen LogP contribution < -0.4 is 0 Å². The molecule has 0 spiro atoms. The molecule has 0 amide bonds. The number of hydrogen-bond acceptors (Lipinski definition) is 8. The van der Waals surface area contributed by atoms with Crippen LogP contribution in [0.15, 0.2) is 0 Å². The number of carbonyl (C=O) groups excluding carboxylic acids is 3. The molecule has 0 N–H and O–H groups in total. The lowest BCUT2D eigenvalue weighted by atomic mass is 10.0. The molecule has 8 heteroatoms. The fourth-order valence-corrected chi connectivity index (χ4v) is 2.29. The van der Waals surface area contributed by atoms with Crippen LogP contribution in [0.2, 0.25) is 0 Å². The molecule has 1 aliphatic rings. The van der Waals surface area contributed by atoms with Crippen molar-refractivity contribution in [2.24, 2.45) is 0 Å². The second kappa shape index (κ2) is 8.43. The Balaban J connectivity index is 2.93. The molecule has 0 unspecified atom stereocenters. The summed E-state index contributed by atoms with van der Waals surface area (Å²) in [5.41, 5.74) is -0.552. The van der Waals surface area contributed by atoms with E-state index in [0.717, 1.165) is 0 Å². The molecule has 0 aromatic rings. The zero-order valence-electron chi connectivity index (χ0n) is 15.0. The van der Waals surface area contributed by atoms with Crippen molar-refractivity contribution in [3.8, 4) is 0 Å². The smallest absolute Gasteiger partial charge is 0.303 e. The average molecular weight is 346 g/mol. The highest BCUT2D eigenvalue weighted by atomic mass is 16.7. The Kier molecular flexibility index (Phi) is 7.16. The second-order valence-electron chi connectivity index (χ2n) is 6.61. The molecule has 0 aromatic heterocycles. The van der Waals surface area contributed by atoms with Gasteiger partial charge in [-0.05, 0) is 20.8 Å². The van der Waals surface area contributed by atoms with Crippen molar-refractivity contribution in [3.63, 3.8) is 0 Å². The van der Waals surface area contributed by atoms with E-state index in [-0.39, 0.29) is 13.0 Å². The van der Waals surface area contributed by atoms with Gasteiger partial charge < -0.3 is 23.7 Å². The topological polar surface area (TPSA) is 97.4 Å². The third-order valence-corrected chi connectivity index (χ3v) is 3.05. The fourth-order valence-electron chi connectivity index (χ4n) is 2.29. The minimum absolute atomic E-state index is 0.0932. The van der Waals surface area contributed by atoms with Gasteiger partial charge >= 0.3 is 17.9 Å². The highest BCUT2D eigenvalue weighted by Gasteiger charge is 2.44. The molecule has 0 aliphatic carbocycles. The van der Waals surface area contributed by atoms with Crippen LogP contribution >= 0.6 is 0 Å². The molecule has 1 aliphatic heterocycles. The van der Waals surface area contributed by atoms with Gasteiger partial charge in [0.15, 0.2) is 12.4 Å². The molecule has 0 radical (unpaired) electrons. The van der Waals surface area contributed by atoms with Gasteiger partial charge in [-0.15, -0.1) is 0 Å². The monoisotopic (exact) mass is 346 g/mol. The molecule has 1 saturated heterocycles. The van der Waals surface area contributed by atoms with Gasteiger partial charge in [-0.2, -0.15) is 0 Å². The van der Waals surface area contributed by atoms with E-state index < -0.39 is 48.1 Å². The SMILES string of the molecule is CC(=O)OC[C@@H]1O[C@H](OC(C)(C)C)[C@@H](OC(C)=O)C[C@H]1OC(C)=O. The molecule has 8 nitrogen and oxygen atoms in total. The summed E-state index contributed by atoms with van der Waals surface area (Å²) >= 11 is 0. The Morgan fingerprint density at radius 3 is 1.96 bits per heavy atom. The Morgan fingerprint density at radius 1 is 0.958 bits per heavy atom. The number of rotatable bonds is 5. The summed E-state index contributed by atoms with van der Waals surface area (Å²) in [6.07, 6.45) is -2.84. The first kappa shape index (κ1) is 20.4. The van der Waals surface area contributed by atoms with E-state index in [1.165, 1.54) is 20.8 Å². The number of esters is 3. The van der Waals surface area contributed by atoms with Crippen LogP contribution in [0.3, 0.4) is 0 Å². The van der Waals surface area contributed by atoms with Crippen molar-refractivity contribution >= 4 is 17.9 Å². The first-order valence-electron chi connectivity index (χ1n) is 7.79. The van der Waals surface area contributed by atoms with Gasteiger partial charge in [0.1, 0.15) is 18.8 Å². The zero-order valence-corrected chi connectivity index (χ0v) is 15.0. The van der Waals surface area contributed by atoms with E-state index in [1.54, 1.807) is 0 Å². The quantitative estimate of drug-likeness (QED) is 0.543. The summed E-state index contributed by atoms with van der Waals surface area (Å²) < 4.78 is 27.0. The molecule has 0 aromatic carbocycles. The third-order valence-electron chi connectivity index (χ3n) is 3.05. The molecule has 24 heavy (non-hydrogen) atoms. The Morgan fingerprint density at radius 2 is 1.50 bits per heavy atom. The van der Waals surface area contributed by atoms with Gasteiger partial charge in [0.2, 0.25) is 0 Å². The van der Waals surface area contributed by atoms with Crippen molar-refractivity contribution in [1.82, 2.24) is 0 Å². The Labute approximate surface area is 141 Å². The highest BCUT2D eigenvalue weighted by Crippen LogP contribution is 2.29. The summed E-state index contributed by atoms with van der Waals surface area (Å²) in [5.74, 6) is -1.48. The van der Waals surface area contributed by atoms with Crippen LogP contribution in [0.1, 0.15) is 48.0 Å². The number of hydrogen-bond donors (Lipinski definition) is 0. The van der Waals surface area contributed by atoms with Gasteiger partial charge in [-0.25, -0.2) is 0 Å². The van der Waals surface area contributed by atoms with E-state index in [1.807, 2.05) is 20.8 Å². The minimum atomic E-state index is -0.860. The maximum atomic E-state index is 11.3. The third kappa shape index (κ3) is 7.27. The summed E-state index contributed by atoms with van der Waals surface area (Å²) in [7, 11) is 0. The Bertz CT molecular complexity index is 467. The van der Waals surface area contributed by atoms with E-state index in [0.29, 0.717) is 0 Å². The molecule has 1 heterocycles. The molecular weight excluding hydrogens is 320 g/mol. The predicted octanol–water partition coefficient (Wildman–Crippen LogP) is 1.34. The standard InChI is InChI=1S/C16H26O8/c1-9(17)20-8-14-12(21-10(2)18)7-13(22-11(3)19)15(23-14)24-16(4,5)6/h12-15H,7-8H2,1-6H3/t12-,13+,14+,15-/m1/s1. The van der Waals surface area contributed by atoms with Gasteiger partial charge in [0.05, 0.1) is 5.60 Å². The van der Waals surface area contributed by atoms with Gasteiger partial charge in [0.25, 0.3) is 0 Å². The van der Waals surface area contributed by atoms with Gasteiger partial charge in [-0.1, -0.05) is 0 Å². The lowest BCUT2D eigenvalue weighted by Gasteiger charge is -2.41. The lowest BCUT2D eigenvalue weighted by molar-refractivity contribution is -0.299. The van der Waals surface area contributed by atoms with Crippen LogP contribution in [0.25, 0.3) is 0 Å². The van der Waals surface area contributed by atoms with Crippen molar-refractivity contribution in [2.45, 2.75) is 78.2 Å². The van der Waals surface area contributed by atoms with E-state index >= 15 is 0 Å². The molecule has 0 bridgehead atoms. The highest BCUT2D eigenvalue weighted by molar-refractivity contribution is 5.67. The normalized spacial score (nSPS) is 27.2. The van der Waals surface area contributed by atoms with Crippen LogP contribution in [-0.2, 0) is 38.1 Å². The number of carbonyl (C=O) groups is 3. The molecule has 1 rings (SSSR count). The summed E-state index contributed by atoms with van der Waals surface area (Å²) in [5, 5.41) is 0. The second-order valence-corrected chi connectivity index (χ2v) is 6.61. The molecule has 138 valence electrons. The van der Waals surface area contributed by atoms with Gasteiger partial charge in [0, 0.05) is 27.2 Å². The first-order chi connectivity index (χ1) is 11.0. The van der Waals surface area contributed by atoms with Crippen LogP contribution in [0.5, 0.6) is 0 Å². The summed E-state index contributed by atoms with van der Waals surface area (Å²) in [6, 6.07) is 0. The molecule has 1 fully saturated rings. The molecular formula is C16H26O8. The van der Waals surface area contributed by atoms with Gasteiger partial charge in [-0.3, -0.25) is 14.4 Å². The lowest BCUT2D eigenvalue weighted by Crippen LogP contribution is -2.54. The predicted molar refractivity (Wildman–Crippen MR) is 81.9 cm³/mol. The first-order valence-corrected chi connectivity index (χ1v) is 7.79. The van der Waals surface area contributed by atoms with Crippen molar-refractivity contribution in [1.29, 1.82) is 0 Å². The Hall–Kier alpha value is -1.67.